The second-order valence-electron chi connectivity index (χ2n) is 7.90. The van der Waals surface area contributed by atoms with E-state index in [9.17, 15) is 4.79 Å². The number of hydrogen-bond donors (Lipinski definition) is 0. The molecule has 0 atom stereocenters. The molecule has 5 rings (SSSR count). The molecule has 0 saturated carbocycles. The molecule has 0 radical (unpaired) electrons. The zero-order chi connectivity index (χ0) is 23.1. The highest BCUT2D eigenvalue weighted by molar-refractivity contribution is 6.04. The number of nitrogens with zero attached hydrogens (tertiary/aromatic N) is 6. The van der Waals surface area contributed by atoms with Gasteiger partial charge in [-0.2, -0.15) is 5.10 Å². The van der Waals surface area contributed by atoms with Gasteiger partial charge in [-0.1, -0.05) is 6.07 Å². The Bertz CT molecular complexity index is 1530. The summed E-state index contributed by atoms with van der Waals surface area (Å²) in [4.78, 5) is 22.2. The van der Waals surface area contributed by atoms with Crippen molar-refractivity contribution < 1.29 is 9.47 Å². The zero-order valence-electron chi connectivity index (χ0n) is 18.9. The lowest BCUT2D eigenvalue weighted by Gasteiger charge is -2.08. The van der Waals surface area contributed by atoms with Gasteiger partial charge in [0.25, 0.3) is 0 Å². The topological polar surface area (TPSA) is 89.0 Å². The molecule has 0 aliphatic heterocycles. The van der Waals surface area contributed by atoms with Crippen LogP contribution in [0.1, 0.15) is 5.69 Å². The number of aryl methyl sites for hydroxylation is 3. The van der Waals surface area contributed by atoms with Crippen LogP contribution in [0.2, 0.25) is 0 Å². The second-order valence-corrected chi connectivity index (χ2v) is 7.90. The summed E-state index contributed by atoms with van der Waals surface area (Å²) in [5.41, 5.74) is 5.67. The molecule has 9 heteroatoms. The van der Waals surface area contributed by atoms with Crippen molar-refractivity contribution in [3.63, 3.8) is 0 Å². The molecule has 1 aromatic carbocycles. The number of fused-ring (bicyclic) bond motifs is 3. The third kappa shape index (κ3) is 3.56. The molecule has 4 aromatic heterocycles. The Kier molecular flexibility index (Phi) is 5.18. The van der Waals surface area contributed by atoms with Crippen LogP contribution in [-0.2, 0) is 18.8 Å². The van der Waals surface area contributed by atoms with E-state index in [4.69, 9.17) is 9.47 Å². The van der Waals surface area contributed by atoms with E-state index >= 15 is 0 Å². The first-order chi connectivity index (χ1) is 16.0. The van der Waals surface area contributed by atoms with E-state index in [1.54, 1.807) is 40.4 Å². The van der Waals surface area contributed by atoms with Gasteiger partial charge in [-0.3, -0.25) is 18.8 Å². The number of ether oxygens (including phenoxy) is 2. The molecular weight excluding hydrogens is 420 g/mol. The van der Waals surface area contributed by atoms with E-state index < -0.39 is 0 Å². The molecule has 0 aliphatic rings. The van der Waals surface area contributed by atoms with E-state index in [2.05, 4.69) is 21.1 Å². The van der Waals surface area contributed by atoms with E-state index in [0.29, 0.717) is 19.1 Å². The predicted molar refractivity (Wildman–Crippen MR) is 126 cm³/mol. The highest BCUT2D eigenvalue weighted by Crippen LogP contribution is 2.30. The van der Waals surface area contributed by atoms with Crippen molar-refractivity contribution in [2.45, 2.75) is 6.92 Å². The van der Waals surface area contributed by atoms with Crippen molar-refractivity contribution in [2.24, 2.45) is 14.1 Å². The first kappa shape index (κ1) is 20.9. The highest BCUT2D eigenvalue weighted by Gasteiger charge is 2.19. The minimum absolute atomic E-state index is 0.139. The molecule has 0 N–H and O–H groups in total. The lowest BCUT2D eigenvalue weighted by Crippen LogP contribution is -2.21. The lowest BCUT2D eigenvalue weighted by atomic mass is 10.0. The van der Waals surface area contributed by atoms with Crippen LogP contribution in [0.3, 0.4) is 0 Å². The number of aromatic nitrogens is 6. The highest BCUT2D eigenvalue weighted by atomic mass is 16.5. The van der Waals surface area contributed by atoms with Gasteiger partial charge in [0.1, 0.15) is 6.61 Å². The van der Waals surface area contributed by atoms with Crippen LogP contribution < -0.4 is 10.4 Å². The maximum absolute atomic E-state index is 13.2. The summed E-state index contributed by atoms with van der Waals surface area (Å²) in [6.07, 6.45) is 5.38. The van der Waals surface area contributed by atoms with Crippen molar-refractivity contribution in [3.8, 4) is 22.7 Å². The van der Waals surface area contributed by atoms with Crippen LogP contribution >= 0.6 is 0 Å². The quantitative estimate of drug-likeness (QED) is 0.374. The molecule has 168 valence electrons. The van der Waals surface area contributed by atoms with Crippen molar-refractivity contribution in [1.29, 1.82) is 0 Å². The average molecular weight is 444 g/mol. The monoisotopic (exact) mass is 444 g/mol. The summed E-state index contributed by atoms with van der Waals surface area (Å²) in [6.45, 7) is 2.85. The van der Waals surface area contributed by atoms with Gasteiger partial charge in [0.15, 0.2) is 0 Å². The van der Waals surface area contributed by atoms with Crippen LogP contribution in [0.25, 0.3) is 38.8 Å². The van der Waals surface area contributed by atoms with Gasteiger partial charge in [0.2, 0.25) is 5.88 Å². The fourth-order valence-electron chi connectivity index (χ4n) is 4.07. The summed E-state index contributed by atoms with van der Waals surface area (Å²) in [5, 5.41) is 5.31. The summed E-state index contributed by atoms with van der Waals surface area (Å²) < 4.78 is 15.6. The third-order valence-corrected chi connectivity index (χ3v) is 5.72. The number of imidazole rings is 1. The first-order valence-corrected chi connectivity index (χ1v) is 10.6. The Morgan fingerprint density at radius 1 is 1.00 bits per heavy atom. The maximum atomic E-state index is 13.2. The molecule has 0 saturated heterocycles. The zero-order valence-corrected chi connectivity index (χ0v) is 18.9. The van der Waals surface area contributed by atoms with Crippen LogP contribution in [0.15, 0.2) is 53.7 Å². The Hall–Kier alpha value is -3.98. The van der Waals surface area contributed by atoms with Gasteiger partial charge >= 0.3 is 5.69 Å². The normalized spacial score (nSPS) is 11.5. The lowest BCUT2D eigenvalue weighted by molar-refractivity contribution is 0.144. The summed E-state index contributed by atoms with van der Waals surface area (Å²) in [5.74, 6) is 0.546. The van der Waals surface area contributed by atoms with E-state index in [1.165, 1.54) is 0 Å². The molecule has 33 heavy (non-hydrogen) atoms. The third-order valence-electron chi connectivity index (χ3n) is 5.72. The largest absolute Gasteiger partial charge is 0.475 e. The molecule has 0 unspecified atom stereocenters. The van der Waals surface area contributed by atoms with Crippen molar-refractivity contribution in [3.05, 3.63) is 65.1 Å². The summed E-state index contributed by atoms with van der Waals surface area (Å²) in [6, 6.07) is 9.82. The van der Waals surface area contributed by atoms with E-state index in [-0.39, 0.29) is 5.69 Å². The molecule has 0 amide bonds. The number of pyridine rings is 2. The van der Waals surface area contributed by atoms with E-state index in [1.807, 2.05) is 44.4 Å². The number of hydrogen-bond acceptors (Lipinski definition) is 6. The molecular formula is C24H24N6O3. The Labute approximate surface area is 189 Å². The Morgan fingerprint density at radius 3 is 2.52 bits per heavy atom. The van der Waals surface area contributed by atoms with Gasteiger partial charge in [-0.25, -0.2) is 9.78 Å². The molecule has 4 heterocycles. The van der Waals surface area contributed by atoms with Gasteiger partial charge in [0.05, 0.1) is 40.7 Å². The van der Waals surface area contributed by atoms with Crippen LogP contribution in [0.5, 0.6) is 5.88 Å². The van der Waals surface area contributed by atoms with Gasteiger partial charge in [-0.15, -0.1) is 0 Å². The van der Waals surface area contributed by atoms with Crippen LogP contribution in [0, 0.1) is 6.92 Å². The van der Waals surface area contributed by atoms with Crippen molar-refractivity contribution >= 4 is 21.9 Å². The van der Waals surface area contributed by atoms with Gasteiger partial charge in [0, 0.05) is 50.6 Å². The van der Waals surface area contributed by atoms with Crippen LogP contribution in [-0.4, -0.2) is 49.2 Å². The summed E-state index contributed by atoms with van der Waals surface area (Å²) in [7, 11) is 5.24. The van der Waals surface area contributed by atoms with Gasteiger partial charge in [-0.05, 0) is 30.7 Å². The first-order valence-electron chi connectivity index (χ1n) is 10.6. The molecule has 5 aromatic rings. The smallest absolute Gasteiger partial charge is 0.333 e. The predicted octanol–water partition coefficient (Wildman–Crippen LogP) is 3.01. The minimum atomic E-state index is -0.139. The van der Waals surface area contributed by atoms with Gasteiger partial charge < -0.3 is 9.47 Å². The molecule has 9 nitrogen and oxygen atoms in total. The number of rotatable bonds is 6. The van der Waals surface area contributed by atoms with E-state index in [0.717, 1.165) is 44.4 Å². The average Bonchev–Trinajstić information content (AvgIpc) is 3.28. The molecule has 0 fully saturated rings. The Balaban J connectivity index is 1.67. The minimum Gasteiger partial charge on any atom is -0.475 e. The second kappa shape index (κ2) is 8.18. The molecule has 0 bridgehead atoms. The Morgan fingerprint density at radius 2 is 1.82 bits per heavy atom. The fourth-order valence-corrected chi connectivity index (χ4v) is 4.07. The standard InChI is InChI=1S/C24H24N6O3/c1-15-21(14-28(2)27-15)30-23-18-11-16(17-6-8-22(26-12-17)33-10-9-32-4)5-7-19(18)25-13-20(23)29(3)24(30)31/h5-8,11-14H,9-10H2,1-4H3. The van der Waals surface area contributed by atoms with Crippen molar-refractivity contribution in [2.75, 3.05) is 20.3 Å². The maximum Gasteiger partial charge on any atom is 0.333 e. The summed E-state index contributed by atoms with van der Waals surface area (Å²) >= 11 is 0. The molecule has 0 aliphatic carbocycles. The number of methoxy groups -OCH3 is 1. The number of benzene rings is 1. The SMILES string of the molecule is COCCOc1ccc(-c2ccc3ncc4c(c3c2)n(-c2cn(C)nc2C)c(=O)n4C)cn1. The fraction of sp³-hybridized carbons (Fsp3) is 0.250. The molecule has 0 spiro atoms. The van der Waals surface area contributed by atoms with Crippen LogP contribution in [0.4, 0.5) is 0 Å². The van der Waals surface area contributed by atoms with Crippen molar-refractivity contribution in [1.82, 2.24) is 28.9 Å².